The van der Waals surface area contributed by atoms with E-state index in [-0.39, 0.29) is 24.6 Å². The summed E-state index contributed by atoms with van der Waals surface area (Å²) in [5.41, 5.74) is 12.3. The van der Waals surface area contributed by atoms with Gasteiger partial charge in [-0.2, -0.15) is 10.2 Å². The van der Waals surface area contributed by atoms with E-state index < -0.39 is 0 Å². The van der Waals surface area contributed by atoms with Gasteiger partial charge in [0.25, 0.3) is 0 Å². The van der Waals surface area contributed by atoms with Gasteiger partial charge in [-0.05, 0) is 53.0 Å². The van der Waals surface area contributed by atoms with Crippen molar-refractivity contribution in [1.82, 2.24) is 29.9 Å². The van der Waals surface area contributed by atoms with Crippen LogP contribution in [0.5, 0.6) is 5.88 Å². The number of H-pyrrole nitrogens is 1. The monoisotopic (exact) mass is 552 g/mol. The summed E-state index contributed by atoms with van der Waals surface area (Å²) in [5, 5.41) is 23.0. The molecule has 2 unspecified atom stereocenters. The second kappa shape index (κ2) is 12.6. The molecule has 2 atom stereocenters. The number of aliphatic imine (C=N–C) groups is 1. The number of aryl methyl sites for hydroxylation is 2. The molecule has 12 nitrogen and oxygen atoms in total. The van der Waals surface area contributed by atoms with Gasteiger partial charge >= 0.3 is 0 Å². The fraction of sp³-hybridized carbons (Fsp3) is 0.500. The lowest BCUT2D eigenvalue weighted by molar-refractivity contribution is 0.179. The zero-order valence-electron chi connectivity index (χ0n) is 24.4. The zero-order valence-corrected chi connectivity index (χ0v) is 24.4. The van der Waals surface area contributed by atoms with E-state index in [0.29, 0.717) is 43.5 Å². The van der Waals surface area contributed by atoms with Crippen LogP contribution in [0.1, 0.15) is 37.9 Å². The standard InChI is InChI=1S/C28H40N8O4/c1-8-39-27(29)19-9-10-21-20-11-22(31-18(4)26(20)33-32-21)25-24(15-38-7)34-36(6)28(25)40-14-17(3)35(5)12-23(19)30-16(2)13-37/h9-11,16-17,37H,8,12-15,29H2,1-7H3,(H,32,33)/b10-9+,27-19+,30-23?. The molecule has 3 aromatic heterocycles. The Hall–Kier alpha value is -3.74. The quantitative estimate of drug-likeness (QED) is 0.392. The van der Waals surface area contributed by atoms with E-state index in [0.717, 1.165) is 39.2 Å². The molecule has 40 heavy (non-hydrogen) atoms. The minimum Gasteiger partial charge on any atom is -0.479 e. The molecule has 1 aliphatic heterocycles. The highest BCUT2D eigenvalue weighted by Gasteiger charge is 2.25. The van der Waals surface area contributed by atoms with Crippen LogP contribution in [0, 0.1) is 6.92 Å². The minimum absolute atomic E-state index is 0.0129. The number of rotatable bonds is 6. The predicted octanol–water partition coefficient (Wildman–Crippen LogP) is 2.57. The number of allylic oxidation sites excluding steroid dienone is 1. The number of aromatic amines is 1. The summed E-state index contributed by atoms with van der Waals surface area (Å²) in [7, 11) is 5.49. The van der Waals surface area contributed by atoms with Gasteiger partial charge in [0.2, 0.25) is 5.88 Å². The molecule has 4 rings (SSSR count). The van der Waals surface area contributed by atoms with Crippen LogP contribution in [0.4, 0.5) is 0 Å². The molecular formula is C28H40N8O4. The number of methoxy groups -OCH3 is 1. The number of aliphatic hydroxyl groups excluding tert-OH is 1. The van der Waals surface area contributed by atoms with Gasteiger partial charge in [-0.25, -0.2) is 4.68 Å². The van der Waals surface area contributed by atoms with Gasteiger partial charge in [-0.1, -0.05) is 0 Å². The third-order valence-electron chi connectivity index (χ3n) is 6.90. The Kier molecular flexibility index (Phi) is 9.23. The van der Waals surface area contributed by atoms with Crippen molar-refractivity contribution in [2.24, 2.45) is 17.8 Å². The van der Waals surface area contributed by atoms with Crippen LogP contribution < -0.4 is 10.5 Å². The van der Waals surface area contributed by atoms with Crippen LogP contribution in [0.2, 0.25) is 0 Å². The third-order valence-corrected chi connectivity index (χ3v) is 6.90. The molecular weight excluding hydrogens is 512 g/mol. The number of nitrogens with one attached hydrogen (secondary N) is 1. The van der Waals surface area contributed by atoms with Crippen molar-refractivity contribution in [1.29, 1.82) is 0 Å². The molecule has 12 heteroatoms. The van der Waals surface area contributed by atoms with Gasteiger partial charge in [0.05, 0.1) is 59.8 Å². The zero-order chi connectivity index (χ0) is 29.0. The molecule has 4 heterocycles. The fourth-order valence-electron chi connectivity index (χ4n) is 4.61. The van der Waals surface area contributed by atoms with Crippen LogP contribution in [0.3, 0.4) is 0 Å². The lowest BCUT2D eigenvalue weighted by Gasteiger charge is -2.26. The van der Waals surface area contributed by atoms with E-state index in [1.807, 2.05) is 53.1 Å². The van der Waals surface area contributed by atoms with Crippen LogP contribution >= 0.6 is 0 Å². The molecule has 0 amide bonds. The van der Waals surface area contributed by atoms with Gasteiger partial charge in [-0.15, -0.1) is 0 Å². The molecule has 1 aliphatic rings. The van der Waals surface area contributed by atoms with Crippen LogP contribution in [0.15, 0.2) is 28.6 Å². The van der Waals surface area contributed by atoms with E-state index in [2.05, 4.69) is 27.1 Å². The van der Waals surface area contributed by atoms with E-state index >= 15 is 0 Å². The maximum absolute atomic E-state index is 9.78. The molecule has 0 radical (unpaired) electrons. The number of aromatic nitrogens is 5. The lowest BCUT2D eigenvalue weighted by atomic mass is 10.1. The molecule has 4 N–H and O–H groups in total. The van der Waals surface area contributed by atoms with Gasteiger partial charge in [0.1, 0.15) is 17.8 Å². The summed E-state index contributed by atoms with van der Waals surface area (Å²) in [6.45, 7) is 9.20. The number of hydrogen-bond acceptors (Lipinski definition) is 10. The van der Waals surface area contributed by atoms with Gasteiger partial charge in [0.15, 0.2) is 5.88 Å². The molecule has 2 bridgehead atoms. The van der Waals surface area contributed by atoms with Crippen molar-refractivity contribution in [2.45, 2.75) is 46.4 Å². The summed E-state index contributed by atoms with van der Waals surface area (Å²) in [5.74, 6) is 0.868. The van der Waals surface area contributed by atoms with Crippen LogP contribution in [-0.2, 0) is 23.1 Å². The molecule has 3 aromatic rings. The number of likely N-dealkylation sites (N-methyl/N-ethyl adjacent to an activating group) is 1. The van der Waals surface area contributed by atoms with Crippen molar-refractivity contribution < 1.29 is 19.3 Å². The topological polar surface area (TPSA) is 149 Å². The minimum atomic E-state index is -0.324. The highest BCUT2D eigenvalue weighted by atomic mass is 16.5. The third kappa shape index (κ3) is 6.03. The first-order chi connectivity index (χ1) is 19.2. The SMILES string of the molecule is CCO/C(N)=C1\C=C\c2[nH]nc3c(C)nc(cc23)-c2c(COC)nn(C)c2OCC(C)N(C)CC1=NC(C)CO. The number of nitrogens with zero attached hydrogens (tertiary/aromatic N) is 6. The Labute approximate surface area is 234 Å². The first-order valence-electron chi connectivity index (χ1n) is 13.4. The maximum atomic E-state index is 9.78. The number of nitrogens with two attached hydrogens (primary N) is 1. The summed E-state index contributed by atoms with van der Waals surface area (Å²) < 4.78 is 19.4. The Bertz CT molecular complexity index is 1440. The second-order valence-electron chi connectivity index (χ2n) is 10.0. The average molecular weight is 553 g/mol. The average Bonchev–Trinajstić information content (AvgIpc) is 3.47. The molecule has 216 valence electrons. The predicted molar refractivity (Wildman–Crippen MR) is 155 cm³/mol. The number of aliphatic hydroxyl groups is 1. The summed E-state index contributed by atoms with van der Waals surface area (Å²) in [4.78, 5) is 11.8. The molecule has 0 saturated carbocycles. The lowest BCUT2D eigenvalue weighted by Crippen LogP contribution is -2.39. The summed E-state index contributed by atoms with van der Waals surface area (Å²) in [6.07, 6.45) is 3.80. The van der Waals surface area contributed by atoms with Crippen molar-refractivity contribution in [3.8, 4) is 17.1 Å². The highest BCUT2D eigenvalue weighted by Crippen LogP contribution is 2.35. The summed E-state index contributed by atoms with van der Waals surface area (Å²) in [6, 6.07) is 1.65. The fourth-order valence-corrected chi connectivity index (χ4v) is 4.61. The van der Waals surface area contributed by atoms with Gasteiger partial charge in [0, 0.05) is 32.1 Å². The molecule has 0 saturated heterocycles. The molecule has 0 spiro atoms. The Morgan fingerprint density at radius 1 is 1.35 bits per heavy atom. The molecule has 0 fully saturated rings. The molecule has 0 aliphatic carbocycles. The number of pyridine rings is 1. The van der Waals surface area contributed by atoms with Crippen molar-refractivity contribution in [2.75, 3.05) is 40.5 Å². The number of hydrogen-bond donors (Lipinski definition) is 3. The first kappa shape index (κ1) is 29.2. The van der Waals surface area contributed by atoms with E-state index in [4.69, 9.17) is 29.9 Å². The molecule has 0 aromatic carbocycles. The van der Waals surface area contributed by atoms with E-state index in [1.54, 1.807) is 11.8 Å². The first-order valence-corrected chi connectivity index (χ1v) is 13.4. The maximum Gasteiger partial charge on any atom is 0.221 e. The smallest absolute Gasteiger partial charge is 0.221 e. The summed E-state index contributed by atoms with van der Waals surface area (Å²) >= 11 is 0. The van der Waals surface area contributed by atoms with E-state index in [1.165, 1.54) is 0 Å². The highest BCUT2D eigenvalue weighted by molar-refractivity contribution is 6.05. The van der Waals surface area contributed by atoms with Crippen molar-refractivity contribution in [3.63, 3.8) is 0 Å². The normalized spacial score (nSPS) is 20.6. The van der Waals surface area contributed by atoms with Crippen molar-refractivity contribution >= 4 is 22.7 Å². The van der Waals surface area contributed by atoms with E-state index in [9.17, 15) is 5.11 Å². The van der Waals surface area contributed by atoms with Crippen molar-refractivity contribution in [3.05, 3.63) is 40.7 Å². The number of fused-ring (bicyclic) bond motifs is 3. The Balaban J connectivity index is 1.98. The largest absolute Gasteiger partial charge is 0.479 e. The second-order valence-corrected chi connectivity index (χ2v) is 10.0. The Morgan fingerprint density at radius 2 is 2.12 bits per heavy atom. The van der Waals surface area contributed by atoms with Gasteiger partial charge < -0.3 is 25.1 Å². The van der Waals surface area contributed by atoms with Crippen LogP contribution in [-0.4, -0.2) is 93.3 Å². The van der Waals surface area contributed by atoms with Crippen LogP contribution in [0.25, 0.3) is 28.2 Å². The van der Waals surface area contributed by atoms with Gasteiger partial charge in [-0.3, -0.25) is 20.0 Å². The number of ether oxygens (including phenoxy) is 3. The Morgan fingerprint density at radius 3 is 2.83 bits per heavy atom.